The Bertz CT molecular complexity index is 857. The largest absolute Gasteiger partial charge is 0.355 e. The van der Waals surface area contributed by atoms with E-state index in [-0.39, 0.29) is 36.0 Å². The van der Waals surface area contributed by atoms with E-state index in [1.54, 1.807) is 23.1 Å². The van der Waals surface area contributed by atoms with E-state index < -0.39 is 0 Å². The maximum absolute atomic E-state index is 12.9. The number of amides is 2. The predicted molar refractivity (Wildman–Crippen MR) is 108 cm³/mol. The predicted octanol–water partition coefficient (Wildman–Crippen LogP) is 2.45. The average molecular weight is 425 g/mol. The van der Waals surface area contributed by atoms with Crippen LogP contribution >= 0.6 is 24.0 Å². The first kappa shape index (κ1) is 20.6. The number of aromatic nitrogens is 1. The Morgan fingerprint density at radius 2 is 2.14 bits per heavy atom. The molecule has 1 atom stereocenters. The van der Waals surface area contributed by atoms with E-state index >= 15 is 0 Å². The smallest absolute Gasteiger partial charge is 0.276 e. The summed E-state index contributed by atoms with van der Waals surface area (Å²) in [6, 6.07) is 8.93. The van der Waals surface area contributed by atoms with Gasteiger partial charge in [0.1, 0.15) is 0 Å². The number of hydrogen-bond donors (Lipinski definition) is 1. The van der Waals surface area contributed by atoms with Crippen molar-refractivity contribution < 1.29 is 14.1 Å². The summed E-state index contributed by atoms with van der Waals surface area (Å²) in [6.45, 7) is 3.05. The standard InChI is InChI=1S/C19H21ClN4O3.ClH/c20-14-4-1-3-13(9-14)17-10-16(22-27-17)19(26)23-7-2-5-15(12-23)24-8-6-21-11-18(24)25;/h1,3-4,9-10,15,21H,2,5-8,11-12H2;1H. The summed E-state index contributed by atoms with van der Waals surface area (Å²) >= 11 is 6.01. The van der Waals surface area contributed by atoms with Crippen molar-refractivity contribution >= 4 is 35.8 Å². The Morgan fingerprint density at radius 1 is 1.29 bits per heavy atom. The molecule has 9 heteroatoms. The normalized spacial score (nSPS) is 20.0. The first-order valence-electron chi connectivity index (χ1n) is 9.14. The molecule has 0 spiro atoms. The number of nitrogens with zero attached hydrogens (tertiary/aromatic N) is 3. The molecule has 0 aliphatic carbocycles. The highest BCUT2D eigenvalue weighted by atomic mass is 35.5. The van der Waals surface area contributed by atoms with E-state index in [0.29, 0.717) is 37.0 Å². The highest BCUT2D eigenvalue weighted by Gasteiger charge is 2.32. The quantitative estimate of drug-likeness (QED) is 0.818. The zero-order chi connectivity index (χ0) is 18.8. The van der Waals surface area contributed by atoms with Gasteiger partial charge in [0.05, 0.1) is 6.54 Å². The number of piperidine rings is 1. The molecule has 1 N–H and O–H groups in total. The van der Waals surface area contributed by atoms with Gasteiger partial charge in [0.2, 0.25) is 5.91 Å². The number of carbonyl (C=O) groups is 2. The molecule has 7 nitrogen and oxygen atoms in total. The second kappa shape index (κ2) is 8.94. The zero-order valence-electron chi connectivity index (χ0n) is 15.3. The lowest BCUT2D eigenvalue weighted by atomic mass is 10.0. The summed E-state index contributed by atoms with van der Waals surface area (Å²) < 4.78 is 5.35. The molecule has 1 unspecified atom stereocenters. The Balaban J connectivity index is 0.00000225. The molecule has 4 rings (SSSR count). The van der Waals surface area contributed by atoms with Crippen molar-refractivity contribution in [1.82, 2.24) is 20.3 Å². The minimum absolute atomic E-state index is 0. The van der Waals surface area contributed by atoms with Crippen LogP contribution in [0.1, 0.15) is 23.3 Å². The van der Waals surface area contributed by atoms with E-state index in [9.17, 15) is 9.59 Å². The number of benzene rings is 1. The highest BCUT2D eigenvalue weighted by Crippen LogP contribution is 2.25. The maximum Gasteiger partial charge on any atom is 0.276 e. The molecule has 1 aromatic carbocycles. The molecular formula is C19H22Cl2N4O3. The molecule has 2 fully saturated rings. The van der Waals surface area contributed by atoms with Gasteiger partial charge in [-0.25, -0.2) is 0 Å². The average Bonchev–Trinajstić information content (AvgIpc) is 3.18. The minimum atomic E-state index is -0.167. The Labute approximate surface area is 174 Å². The van der Waals surface area contributed by atoms with Crippen molar-refractivity contribution in [2.75, 3.05) is 32.7 Å². The van der Waals surface area contributed by atoms with Crippen molar-refractivity contribution in [3.8, 4) is 11.3 Å². The molecule has 0 bridgehead atoms. The third-order valence-electron chi connectivity index (χ3n) is 5.09. The fourth-order valence-electron chi connectivity index (χ4n) is 3.72. The maximum atomic E-state index is 12.9. The number of rotatable bonds is 3. The van der Waals surface area contributed by atoms with Gasteiger partial charge in [0.15, 0.2) is 11.5 Å². The molecule has 0 radical (unpaired) electrons. The number of likely N-dealkylation sites (tertiary alicyclic amines) is 1. The zero-order valence-corrected chi connectivity index (χ0v) is 16.8. The number of carbonyl (C=O) groups excluding carboxylic acids is 2. The van der Waals surface area contributed by atoms with Crippen molar-refractivity contribution in [2.24, 2.45) is 0 Å². The van der Waals surface area contributed by atoms with Crippen LogP contribution in [0, 0.1) is 0 Å². The van der Waals surface area contributed by atoms with Gasteiger partial charge in [-0.1, -0.05) is 28.9 Å². The Morgan fingerprint density at radius 3 is 2.93 bits per heavy atom. The van der Waals surface area contributed by atoms with Crippen molar-refractivity contribution in [3.05, 3.63) is 41.0 Å². The molecule has 2 amide bonds. The number of halogens is 2. The SMILES string of the molecule is Cl.O=C(c1cc(-c2cccc(Cl)c2)on1)N1CCCC(N2CCNCC2=O)C1. The van der Waals surface area contributed by atoms with Gasteiger partial charge in [-0.2, -0.15) is 0 Å². The lowest BCUT2D eigenvalue weighted by molar-refractivity contribution is -0.135. The number of hydrogen-bond acceptors (Lipinski definition) is 5. The van der Waals surface area contributed by atoms with Crippen LogP contribution in [0.25, 0.3) is 11.3 Å². The molecule has 2 aromatic rings. The second-order valence-electron chi connectivity index (χ2n) is 6.90. The van der Waals surface area contributed by atoms with Crippen molar-refractivity contribution in [2.45, 2.75) is 18.9 Å². The summed E-state index contributed by atoms with van der Waals surface area (Å²) in [5, 5.41) is 7.63. The summed E-state index contributed by atoms with van der Waals surface area (Å²) in [7, 11) is 0. The summed E-state index contributed by atoms with van der Waals surface area (Å²) in [5.74, 6) is 0.441. The third-order valence-corrected chi connectivity index (χ3v) is 5.32. The lowest BCUT2D eigenvalue weighted by Crippen LogP contribution is -2.57. The van der Waals surface area contributed by atoms with Crippen LogP contribution in [0.3, 0.4) is 0 Å². The first-order chi connectivity index (χ1) is 13.1. The van der Waals surface area contributed by atoms with Crippen LogP contribution in [0.5, 0.6) is 0 Å². The molecule has 150 valence electrons. The summed E-state index contributed by atoms with van der Waals surface area (Å²) in [6.07, 6.45) is 1.79. The molecule has 1 aromatic heterocycles. The van der Waals surface area contributed by atoms with Crippen LogP contribution < -0.4 is 5.32 Å². The van der Waals surface area contributed by atoms with Gasteiger partial charge in [-0.3, -0.25) is 9.59 Å². The number of nitrogens with one attached hydrogen (secondary N) is 1. The van der Waals surface area contributed by atoms with Crippen LogP contribution in [0.2, 0.25) is 5.02 Å². The molecule has 2 aliphatic rings. The molecule has 28 heavy (non-hydrogen) atoms. The van der Waals surface area contributed by atoms with Crippen LogP contribution in [-0.2, 0) is 4.79 Å². The summed E-state index contributed by atoms with van der Waals surface area (Å²) in [5.41, 5.74) is 1.05. The van der Waals surface area contributed by atoms with Gasteiger partial charge in [0, 0.05) is 48.9 Å². The van der Waals surface area contributed by atoms with E-state index in [1.807, 2.05) is 17.0 Å². The fourth-order valence-corrected chi connectivity index (χ4v) is 3.91. The molecule has 2 aliphatic heterocycles. The van der Waals surface area contributed by atoms with Crippen LogP contribution in [0.4, 0.5) is 0 Å². The Hall–Kier alpha value is -2.09. The summed E-state index contributed by atoms with van der Waals surface area (Å²) in [4.78, 5) is 28.7. The first-order valence-corrected chi connectivity index (χ1v) is 9.52. The van der Waals surface area contributed by atoms with E-state index in [2.05, 4.69) is 10.5 Å². The lowest BCUT2D eigenvalue weighted by Gasteiger charge is -2.40. The van der Waals surface area contributed by atoms with E-state index in [1.165, 1.54) is 0 Å². The van der Waals surface area contributed by atoms with E-state index in [0.717, 1.165) is 24.9 Å². The van der Waals surface area contributed by atoms with Gasteiger partial charge < -0.3 is 19.6 Å². The molecule has 3 heterocycles. The monoisotopic (exact) mass is 424 g/mol. The van der Waals surface area contributed by atoms with Crippen molar-refractivity contribution in [3.63, 3.8) is 0 Å². The third kappa shape index (κ3) is 4.32. The van der Waals surface area contributed by atoms with Gasteiger partial charge in [-0.05, 0) is 25.0 Å². The van der Waals surface area contributed by atoms with Gasteiger partial charge >= 0.3 is 0 Å². The molecule has 2 saturated heterocycles. The fraction of sp³-hybridized carbons (Fsp3) is 0.421. The Kier molecular flexibility index (Phi) is 6.59. The van der Waals surface area contributed by atoms with Crippen LogP contribution in [-0.4, -0.2) is 65.5 Å². The van der Waals surface area contributed by atoms with E-state index in [4.69, 9.17) is 16.1 Å². The van der Waals surface area contributed by atoms with Crippen molar-refractivity contribution in [1.29, 1.82) is 0 Å². The molecule has 0 saturated carbocycles. The van der Waals surface area contributed by atoms with Gasteiger partial charge in [0.25, 0.3) is 5.91 Å². The topological polar surface area (TPSA) is 78.7 Å². The minimum Gasteiger partial charge on any atom is -0.355 e. The van der Waals surface area contributed by atoms with Crippen LogP contribution in [0.15, 0.2) is 34.9 Å². The van der Waals surface area contributed by atoms with Gasteiger partial charge in [-0.15, -0.1) is 12.4 Å². The molecular weight excluding hydrogens is 403 g/mol. The second-order valence-corrected chi connectivity index (χ2v) is 7.33. The number of piperazine rings is 1. The highest BCUT2D eigenvalue weighted by molar-refractivity contribution is 6.30.